The summed E-state index contributed by atoms with van der Waals surface area (Å²) in [5.41, 5.74) is 5.31. The van der Waals surface area contributed by atoms with Crippen molar-refractivity contribution in [2.24, 2.45) is 0 Å². The number of hydrogen-bond donors (Lipinski definition) is 0. The first-order chi connectivity index (χ1) is 9.38. The fraction of sp³-hybridized carbons (Fsp3) is 0.125. The van der Waals surface area contributed by atoms with E-state index in [0.717, 1.165) is 6.42 Å². The highest BCUT2D eigenvalue weighted by Gasteiger charge is 2.13. The third kappa shape index (κ3) is 1.58. The molecule has 1 nitrogen and oxygen atoms in total. The fourth-order valence-corrected chi connectivity index (χ4v) is 4.52. The third-order valence-corrected chi connectivity index (χ3v) is 5.55. The van der Waals surface area contributed by atoms with Crippen LogP contribution in [0.3, 0.4) is 0 Å². The molecule has 0 radical (unpaired) electrons. The van der Waals surface area contributed by atoms with E-state index in [1.807, 2.05) is 22.7 Å². The molecule has 0 aliphatic rings. The maximum atomic E-state index is 2.37. The van der Waals surface area contributed by atoms with Gasteiger partial charge in [-0.15, -0.1) is 22.7 Å². The van der Waals surface area contributed by atoms with Crippen LogP contribution in [-0.4, -0.2) is 4.57 Å². The van der Waals surface area contributed by atoms with Crippen molar-refractivity contribution in [2.45, 2.75) is 13.3 Å². The zero-order valence-electron chi connectivity index (χ0n) is 10.6. The maximum Gasteiger partial charge on any atom is 0.0704 e. The van der Waals surface area contributed by atoms with Gasteiger partial charge in [0.15, 0.2) is 0 Å². The van der Waals surface area contributed by atoms with Gasteiger partial charge in [0.25, 0.3) is 0 Å². The molecule has 0 aliphatic heterocycles. The SMILES string of the molecule is CCc1ccc(-n2c3ccsc3c3sccc32)cc1. The molecule has 1 aromatic carbocycles. The van der Waals surface area contributed by atoms with Crippen LogP contribution in [-0.2, 0) is 6.42 Å². The second-order valence-electron chi connectivity index (χ2n) is 4.63. The Morgan fingerprint density at radius 1 is 0.842 bits per heavy atom. The Morgan fingerprint density at radius 3 is 1.95 bits per heavy atom. The Kier molecular flexibility index (Phi) is 2.50. The zero-order valence-corrected chi connectivity index (χ0v) is 12.2. The minimum absolute atomic E-state index is 1.09. The van der Waals surface area contributed by atoms with Gasteiger partial charge in [-0.05, 0) is 47.0 Å². The van der Waals surface area contributed by atoms with Crippen molar-refractivity contribution < 1.29 is 0 Å². The smallest absolute Gasteiger partial charge is 0.0704 e. The topological polar surface area (TPSA) is 4.93 Å². The molecule has 0 N–H and O–H groups in total. The number of aromatic nitrogens is 1. The molecular formula is C16H13NS2. The molecule has 0 fully saturated rings. The molecule has 3 heteroatoms. The van der Waals surface area contributed by atoms with Crippen molar-refractivity contribution in [3.05, 3.63) is 52.7 Å². The molecule has 94 valence electrons. The van der Waals surface area contributed by atoms with Gasteiger partial charge in [-0.25, -0.2) is 0 Å². The van der Waals surface area contributed by atoms with Gasteiger partial charge < -0.3 is 4.57 Å². The van der Waals surface area contributed by atoms with E-state index in [4.69, 9.17) is 0 Å². The van der Waals surface area contributed by atoms with E-state index in [1.54, 1.807) is 0 Å². The highest BCUT2D eigenvalue weighted by molar-refractivity contribution is 7.25. The van der Waals surface area contributed by atoms with E-state index in [1.165, 1.54) is 31.7 Å². The second-order valence-corrected chi connectivity index (χ2v) is 6.46. The van der Waals surface area contributed by atoms with Crippen molar-refractivity contribution >= 4 is 43.1 Å². The van der Waals surface area contributed by atoms with Gasteiger partial charge >= 0.3 is 0 Å². The number of aryl methyl sites for hydroxylation is 1. The lowest BCUT2D eigenvalue weighted by Crippen LogP contribution is -1.92. The summed E-state index contributed by atoms with van der Waals surface area (Å²) >= 11 is 3.67. The van der Waals surface area contributed by atoms with Crippen molar-refractivity contribution in [1.82, 2.24) is 4.57 Å². The minimum Gasteiger partial charge on any atom is -0.307 e. The number of thiophene rings is 2. The van der Waals surface area contributed by atoms with E-state index in [0.29, 0.717) is 0 Å². The van der Waals surface area contributed by atoms with Gasteiger partial charge in [0, 0.05) is 5.69 Å². The lowest BCUT2D eigenvalue weighted by molar-refractivity contribution is 1.12. The van der Waals surface area contributed by atoms with Crippen LogP contribution in [0.1, 0.15) is 12.5 Å². The predicted octanol–water partition coefficient (Wildman–Crippen LogP) is 5.47. The van der Waals surface area contributed by atoms with Crippen molar-refractivity contribution in [2.75, 3.05) is 0 Å². The van der Waals surface area contributed by atoms with Gasteiger partial charge in [0.1, 0.15) is 0 Å². The molecule has 0 aliphatic carbocycles. The first-order valence-corrected chi connectivity index (χ1v) is 8.19. The number of nitrogens with zero attached hydrogens (tertiary/aromatic N) is 1. The average molecular weight is 283 g/mol. The molecule has 19 heavy (non-hydrogen) atoms. The van der Waals surface area contributed by atoms with Gasteiger partial charge in [-0.3, -0.25) is 0 Å². The maximum absolute atomic E-state index is 2.37. The van der Waals surface area contributed by atoms with Crippen molar-refractivity contribution in [3.63, 3.8) is 0 Å². The van der Waals surface area contributed by atoms with E-state index in [2.05, 4.69) is 58.6 Å². The summed E-state index contributed by atoms with van der Waals surface area (Å²) in [4.78, 5) is 0. The van der Waals surface area contributed by atoms with Crippen LogP contribution >= 0.6 is 22.7 Å². The normalized spacial score (nSPS) is 11.6. The lowest BCUT2D eigenvalue weighted by atomic mass is 10.1. The largest absolute Gasteiger partial charge is 0.307 e. The fourth-order valence-electron chi connectivity index (χ4n) is 2.59. The van der Waals surface area contributed by atoms with Gasteiger partial charge in [-0.2, -0.15) is 0 Å². The van der Waals surface area contributed by atoms with Gasteiger partial charge in [0.05, 0.1) is 20.4 Å². The summed E-state index contributed by atoms with van der Waals surface area (Å²) in [6.07, 6.45) is 1.09. The van der Waals surface area contributed by atoms with Crippen molar-refractivity contribution in [1.29, 1.82) is 0 Å². The Labute approximate surface area is 119 Å². The van der Waals surface area contributed by atoms with Gasteiger partial charge in [-0.1, -0.05) is 19.1 Å². The van der Waals surface area contributed by atoms with Crippen LogP contribution in [0.25, 0.3) is 26.1 Å². The molecule has 4 aromatic rings. The highest BCUT2D eigenvalue weighted by atomic mass is 32.1. The van der Waals surface area contributed by atoms with Crippen LogP contribution in [0.2, 0.25) is 0 Å². The number of rotatable bonds is 2. The Balaban J connectivity index is 2.04. The minimum atomic E-state index is 1.09. The highest BCUT2D eigenvalue weighted by Crippen LogP contribution is 2.38. The molecule has 0 atom stereocenters. The van der Waals surface area contributed by atoms with Crippen molar-refractivity contribution in [3.8, 4) is 5.69 Å². The van der Waals surface area contributed by atoms with Crippen LogP contribution in [0.5, 0.6) is 0 Å². The molecule has 0 amide bonds. The first-order valence-electron chi connectivity index (χ1n) is 6.43. The lowest BCUT2D eigenvalue weighted by Gasteiger charge is -2.06. The van der Waals surface area contributed by atoms with E-state index < -0.39 is 0 Å². The summed E-state index contributed by atoms with van der Waals surface area (Å²) in [5, 5.41) is 4.36. The Morgan fingerprint density at radius 2 is 1.42 bits per heavy atom. The van der Waals surface area contributed by atoms with Gasteiger partial charge in [0.2, 0.25) is 0 Å². The molecule has 0 saturated carbocycles. The van der Waals surface area contributed by atoms with Crippen LogP contribution in [0.15, 0.2) is 47.2 Å². The Bertz CT molecular complexity index is 798. The monoisotopic (exact) mass is 283 g/mol. The van der Waals surface area contributed by atoms with E-state index in [9.17, 15) is 0 Å². The van der Waals surface area contributed by atoms with Crippen LogP contribution in [0.4, 0.5) is 0 Å². The van der Waals surface area contributed by atoms with Crippen LogP contribution in [0, 0.1) is 0 Å². The standard InChI is InChI=1S/C16H13NS2/c1-2-11-3-5-12(6-4-11)17-13-7-9-18-15(13)16-14(17)8-10-19-16/h3-10H,2H2,1H3. The summed E-state index contributed by atoms with van der Waals surface area (Å²) in [6, 6.07) is 13.4. The Hall–Kier alpha value is -1.58. The summed E-state index contributed by atoms with van der Waals surface area (Å²) in [5.74, 6) is 0. The molecule has 4 rings (SSSR count). The quantitative estimate of drug-likeness (QED) is 0.460. The second kappa shape index (κ2) is 4.22. The molecule has 0 saturated heterocycles. The molecular weight excluding hydrogens is 270 g/mol. The number of benzene rings is 1. The molecule has 0 bridgehead atoms. The summed E-state index contributed by atoms with van der Waals surface area (Å²) in [7, 11) is 0. The van der Waals surface area contributed by atoms with Crippen LogP contribution < -0.4 is 0 Å². The zero-order chi connectivity index (χ0) is 12.8. The number of hydrogen-bond acceptors (Lipinski definition) is 2. The predicted molar refractivity (Wildman–Crippen MR) is 85.9 cm³/mol. The first kappa shape index (κ1) is 11.3. The molecule has 3 aromatic heterocycles. The molecule has 3 heterocycles. The number of fused-ring (bicyclic) bond motifs is 3. The molecule has 0 unspecified atom stereocenters. The molecule has 0 spiro atoms. The average Bonchev–Trinajstić information content (AvgIpc) is 3.11. The van der Waals surface area contributed by atoms with E-state index >= 15 is 0 Å². The third-order valence-electron chi connectivity index (χ3n) is 3.58. The van der Waals surface area contributed by atoms with E-state index in [-0.39, 0.29) is 0 Å². The summed E-state index contributed by atoms with van der Waals surface area (Å²) in [6.45, 7) is 2.19. The summed E-state index contributed by atoms with van der Waals surface area (Å²) < 4.78 is 5.19.